The van der Waals surface area contributed by atoms with Gasteiger partial charge in [0.1, 0.15) is 5.82 Å². The maximum Gasteiger partial charge on any atom is 0.208 e. The number of H-pyrrole nitrogens is 1. The van der Waals surface area contributed by atoms with Gasteiger partial charge in [-0.15, -0.1) is 5.10 Å². The highest BCUT2D eigenvalue weighted by molar-refractivity contribution is 7.99. The molecule has 0 saturated carbocycles. The van der Waals surface area contributed by atoms with Gasteiger partial charge in [-0.2, -0.15) is 0 Å². The highest BCUT2D eigenvalue weighted by atomic mass is 32.2. The van der Waals surface area contributed by atoms with Gasteiger partial charge in [-0.05, 0) is 19.8 Å². The fourth-order valence-electron chi connectivity index (χ4n) is 0.968. The molecule has 0 aliphatic rings. The lowest BCUT2D eigenvalue weighted by atomic mass is 10.2. The number of amidine groups is 1. The van der Waals surface area contributed by atoms with Gasteiger partial charge in [-0.3, -0.25) is 10.5 Å². The second-order valence-corrected chi connectivity index (χ2v) is 4.10. The number of nitrogens with zero attached hydrogens (tertiary/aromatic N) is 2. The van der Waals surface area contributed by atoms with Gasteiger partial charge in [0, 0.05) is 12.2 Å². The number of thioether (sulfide) groups is 1. The van der Waals surface area contributed by atoms with Gasteiger partial charge in [-0.1, -0.05) is 11.8 Å². The molecular weight excluding hydrogens is 198 g/mol. The molecule has 0 spiro atoms. The average molecular weight is 213 g/mol. The smallest absolute Gasteiger partial charge is 0.208 e. The molecule has 1 aromatic heterocycles. The molecule has 14 heavy (non-hydrogen) atoms. The molecule has 1 aromatic rings. The maximum absolute atomic E-state index is 7.04. The van der Waals surface area contributed by atoms with Crippen molar-refractivity contribution in [1.29, 1.82) is 5.41 Å². The first-order valence-corrected chi connectivity index (χ1v) is 5.52. The molecule has 0 unspecified atom stereocenters. The van der Waals surface area contributed by atoms with Crippen LogP contribution in [0.4, 0.5) is 0 Å². The zero-order valence-corrected chi connectivity index (χ0v) is 9.02. The Morgan fingerprint density at radius 3 is 2.93 bits per heavy atom. The van der Waals surface area contributed by atoms with E-state index in [-0.39, 0.29) is 5.84 Å². The monoisotopic (exact) mass is 213 g/mol. The summed E-state index contributed by atoms with van der Waals surface area (Å²) in [5.74, 6) is 2.09. The number of aryl methyl sites for hydroxylation is 1. The Balaban J connectivity index is 2.07. The Bertz CT molecular complexity index is 296. The van der Waals surface area contributed by atoms with Crippen molar-refractivity contribution in [2.75, 3.05) is 5.75 Å². The number of hydrogen-bond acceptors (Lipinski definition) is 4. The largest absolute Gasteiger partial charge is 0.388 e. The number of unbranched alkanes of at least 4 members (excludes halogenated alkanes) is 1. The van der Waals surface area contributed by atoms with E-state index in [2.05, 4.69) is 15.2 Å². The van der Waals surface area contributed by atoms with Crippen LogP contribution in [0, 0.1) is 12.3 Å². The molecule has 78 valence electrons. The van der Waals surface area contributed by atoms with Crippen LogP contribution in [0.25, 0.3) is 0 Å². The van der Waals surface area contributed by atoms with Crippen LogP contribution in [0.3, 0.4) is 0 Å². The van der Waals surface area contributed by atoms with E-state index in [1.54, 1.807) is 11.8 Å². The summed E-state index contributed by atoms with van der Waals surface area (Å²) in [7, 11) is 0. The highest BCUT2D eigenvalue weighted by Gasteiger charge is 1.99. The molecule has 0 fully saturated rings. The molecular formula is C8H15N5S. The number of nitrogens with one attached hydrogen (secondary N) is 2. The van der Waals surface area contributed by atoms with E-state index in [1.165, 1.54) is 0 Å². The van der Waals surface area contributed by atoms with Crippen molar-refractivity contribution in [2.45, 2.75) is 31.3 Å². The fourth-order valence-corrected chi connectivity index (χ4v) is 1.81. The molecule has 0 aliphatic heterocycles. The van der Waals surface area contributed by atoms with Crippen LogP contribution in [-0.4, -0.2) is 26.8 Å². The second kappa shape index (κ2) is 5.64. The molecule has 0 saturated heterocycles. The van der Waals surface area contributed by atoms with E-state index in [4.69, 9.17) is 11.1 Å². The van der Waals surface area contributed by atoms with Gasteiger partial charge in [0.05, 0.1) is 5.84 Å². The average Bonchev–Trinajstić information content (AvgIpc) is 2.50. The summed E-state index contributed by atoms with van der Waals surface area (Å²) in [6.45, 7) is 1.88. The Labute approximate surface area is 87.4 Å². The molecule has 0 amide bonds. The van der Waals surface area contributed by atoms with E-state index in [0.717, 1.165) is 29.6 Å². The third-order valence-electron chi connectivity index (χ3n) is 1.65. The molecule has 0 aliphatic carbocycles. The maximum atomic E-state index is 7.04. The number of aromatic nitrogens is 3. The fraction of sp³-hybridized carbons (Fsp3) is 0.625. The molecule has 1 heterocycles. The quantitative estimate of drug-likeness (QED) is 0.287. The van der Waals surface area contributed by atoms with Crippen molar-refractivity contribution in [1.82, 2.24) is 15.2 Å². The van der Waals surface area contributed by atoms with Crippen LogP contribution in [0.15, 0.2) is 5.16 Å². The number of rotatable bonds is 6. The van der Waals surface area contributed by atoms with E-state index in [0.29, 0.717) is 6.42 Å². The summed E-state index contributed by atoms with van der Waals surface area (Å²) in [5.41, 5.74) is 5.24. The number of nitrogens with two attached hydrogens (primary N) is 1. The van der Waals surface area contributed by atoms with E-state index in [1.807, 2.05) is 6.92 Å². The highest BCUT2D eigenvalue weighted by Crippen LogP contribution is 2.14. The standard InChI is InChI=1S/C8H15N5S/c1-6-11-8(13-12-6)14-5-3-2-4-7(9)10/h2-5H2,1H3,(H3,9,10)(H,11,12,13). The summed E-state index contributed by atoms with van der Waals surface area (Å²) in [4.78, 5) is 4.17. The van der Waals surface area contributed by atoms with Crippen LogP contribution in [-0.2, 0) is 0 Å². The number of aromatic amines is 1. The lowest BCUT2D eigenvalue weighted by Crippen LogP contribution is -2.08. The Morgan fingerprint density at radius 2 is 2.36 bits per heavy atom. The molecule has 0 atom stereocenters. The van der Waals surface area contributed by atoms with Crippen molar-refractivity contribution in [3.63, 3.8) is 0 Å². The van der Waals surface area contributed by atoms with Crippen LogP contribution in [0.2, 0.25) is 0 Å². The topological polar surface area (TPSA) is 91.4 Å². The lowest BCUT2D eigenvalue weighted by molar-refractivity contribution is 0.834. The molecule has 0 aromatic carbocycles. The van der Waals surface area contributed by atoms with Gasteiger partial charge in [0.25, 0.3) is 0 Å². The Kier molecular flexibility index (Phi) is 4.45. The minimum Gasteiger partial charge on any atom is -0.388 e. The van der Waals surface area contributed by atoms with Crippen molar-refractivity contribution in [2.24, 2.45) is 5.73 Å². The van der Waals surface area contributed by atoms with E-state index < -0.39 is 0 Å². The predicted octanol–water partition coefficient (Wildman–Crippen LogP) is 1.31. The minimum atomic E-state index is 0.267. The van der Waals surface area contributed by atoms with Gasteiger partial charge in [0.2, 0.25) is 5.16 Å². The van der Waals surface area contributed by atoms with Crippen LogP contribution >= 0.6 is 11.8 Å². The molecule has 0 radical (unpaired) electrons. The number of hydrogen-bond donors (Lipinski definition) is 3. The first-order chi connectivity index (χ1) is 6.68. The summed E-state index contributed by atoms with van der Waals surface area (Å²) >= 11 is 1.63. The molecule has 5 nitrogen and oxygen atoms in total. The summed E-state index contributed by atoms with van der Waals surface area (Å²) < 4.78 is 0. The third-order valence-corrected chi connectivity index (χ3v) is 2.58. The molecule has 1 rings (SSSR count). The SMILES string of the molecule is Cc1nc(SCCCCC(=N)N)n[nH]1. The summed E-state index contributed by atoms with van der Waals surface area (Å²) in [5, 5.41) is 14.6. The lowest BCUT2D eigenvalue weighted by Gasteiger charge is -1.97. The van der Waals surface area contributed by atoms with E-state index in [9.17, 15) is 0 Å². The van der Waals surface area contributed by atoms with Gasteiger partial charge >= 0.3 is 0 Å². The first kappa shape index (κ1) is 11.0. The zero-order valence-electron chi connectivity index (χ0n) is 8.21. The van der Waals surface area contributed by atoms with Gasteiger partial charge in [-0.25, -0.2) is 4.98 Å². The third kappa shape index (κ3) is 4.27. The molecule has 4 N–H and O–H groups in total. The second-order valence-electron chi connectivity index (χ2n) is 3.03. The van der Waals surface area contributed by atoms with Gasteiger partial charge in [0.15, 0.2) is 0 Å². The van der Waals surface area contributed by atoms with Crippen molar-refractivity contribution >= 4 is 17.6 Å². The predicted molar refractivity (Wildman–Crippen MR) is 57.6 cm³/mol. The summed E-state index contributed by atoms with van der Waals surface area (Å²) in [6.07, 6.45) is 2.69. The first-order valence-electron chi connectivity index (χ1n) is 4.53. The molecule has 6 heteroatoms. The van der Waals surface area contributed by atoms with Crippen LogP contribution < -0.4 is 5.73 Å². The van der Waals surface area contributed by atoms with Crippen molar-refractivity contribution in [3.05, 3.63) is 5.82 Å². The van der Waals surface area contributed by atoms with E-state index >= 15 is 0 Å². The normalized spacial score (nSPS) is 10.4. The van der Waals surface area contributed by atoms with Gasteiger partial charge < -0.3 is 5.73 Å². The van der Waals surface area contributed by atoms with Crippen molar-refractivity contribution < 1.29 is 0 Å². The minimum absolute atomic E-state index is 0.267. The zero-order chi connectivity index (χ0) is 10.4. The molecule has 0 bridgehead atoms. The Hall–Kier alpha value is -1.04. The van der Waals surface area contributed by atoms with Crippen LogP contribution in [0.1, 0.15) is 25.1 Å². The van der Waals surface area contributed by atoms with Crippen molar-refractivity contribution in [3.8, 4) is 0 Å². The summed E-state index contributed by atoms with van der Waals surface area (Å²) in [6, 6.07) is 0. The Morgan fingerprint density at radius 1 is 1.57 bits per heavy atom. The van der Waals surface area contributed by atoms with Crippen LogP contribution in [0.5, 0.6) is 0 Å².